The number of nitrogens with one attached hydrogen (secondary N) is 2. The lowest BCUT2D eigenvalue weighted by molar-refractivity contribution is 0.199. The van der Waals surface area contributed by atoms with Crippen molar-refractivity contribution in [2.75, 3.05) is 33.4 Å². The van der Waals surface area contributed by atoms with Crippen molar-refractivity contribution < 1.29 is 4.74 Å². The van der Waals surface area contributed by atoms with Crippen LogP contribution in [0.25, 0.3) is 5.69 Å². The third kappa shape index (κ3) is 4.77. The number of ether oxygens (including phenoxy) is 1. The Balaban J connectivity index is 1.69. The molecular weight excluding hydrogens is 252 g/mol. The maximum absolute atomic E-state index is 4.97. The highest BCUT2D eigenvalue weighted by Gasteiger charge is 2.00. The Bertz CT molecular complexity index is 484. The molecule has 0 radical (unpaired) electrons. The predicted octanol–water partition coefficient (Wildman–Crippen LogP) is 1.20. The van der Waals surface area contributed by atoms with Crippen LogP contribution in [0.5, 0.6) is 0 Å². The van der Waals surface area contributed by atoms with Gasteiger partial charge in [0.05, 0.1) is 18.0 Å². The van der Waals surface area contributed by atoms with E-state index in [4.69, 9.17) is 4.74 Å². The number of benzene rings is 1. The molecule has 0 bridgehead atoms. The summed E-state index contributed by atoms with van der Waals surface area (Å²) in [5.41, 5.74) is 2.13. The molecule has 0 aliphatic carbocycles. The Kier molecular flexibility index (Phi) is 6.23. The van der Waals surface area contributed by atoms with Crippen LogP contribution in [0.4, 0.5) is 0 Å². The molecule has 5 nitrogen and oxygen atoms in total. The molecule has 0 fully saturated rings. The first-order valence-electron chi connectivity index (χ1n) is 6.90. The van der Waals surface area contributed by atoms with Crippen LogP contribution in [0.1, 0.15) is 5.69 Å². The first-order chi connectivity index (χ1) is 9.90. The standard InChI is InChI=1S/C15H22N4O/c1-20-12-10-16-8-9-17-13-14-7-11-19(18-14)15-5-3-2-4-6-15/h2-7,11,16-17H,8-10,12-13H2,1H3. The lowest BCUT2D eigenvalue weighted by Crippen LogP contribution is -2.29. The Morgan fingerprint density at radius 1 is 1.05 bits per heavy atom. The molecule has 0 saturated carbocycles. The maximum Gasteiger partial charge on any atom is 0.0766 e. The molecule has 20 heavy (non-hydrogen) atoms. The van der Waals surface area contributed by atoms with Crippen LogP contribution in [0.3, 0.4) is 0 Å². The van der Waals surface area contributed by atoms with Crippen LogP contribution < -0.4 is 10.6 Å². The number of methoxy groups -OCH3 is 1. The van der Waals surface area contributed by atoms with Crippen molar-refractivity contribution in [3.63, 3.8) is 0 Å². The van der Waals surface area contributed by atoms with Gasteiger partial charge in [0.2, 0.25) is 0 Å². The van der Waals surface area contributed by atoms with E-state index < -0.39 is 0 Å². The average molecular weight is 274 g/mol. The zero-order valence-electron chi connectivity index (χ0n) is 11.9. The van der Waals surface area contributed by atoms with Crippen LogP contribution in [0.2, 0.25) is 0 Å². The van der Waals surface area contributed by atoms with Crippen LogP contribution >= 0.6 is 0 Å². The molecular formula is C15H22N4O. The maximum atomic E-state index is 4.97. The molecule has 1 aromatic heterocycles. The van der Waals surface area contributed by atoms with Crippen LogP contribution in [0, 0.1) is 0 Å². The normalized spacial score (nSPS) is 10.8. The number of hydrogen-bond acceptors (Lipinski definition) is 4. The van der Waals surface area contributed by atoms with Crippen LogP contribution in [-0.4, -0.2) is 43.1 Å². The molecule has 0 aliphatic rings. The molecule has 1 heterocycles. The molecule has 0 aliphatic heterocycles. The summed E-state index contributed by atoms with van der Waals surface area (Å²) in [5.74, 6) is 0. The Hall–Kier alpha value is -1.69. The van der Waals surface area contributed by atoms with Gasteiger partial charge >= 0.3 is 0 Å². The highest BCUT2D eigenvalue weighted by Crippen LogP contribution is 2.06. The summed E-state index contributed by atoms with van der Waals surface area (Å²) in [4.78, 5) is 0. The van der Waals surface area contributed by atoms with E-state index in [1.54, 1.807) is 7.11 Å². The van der Waals surface area contributed by atoms with Crippen molar-refractivity contribution in [3.05, 3.63) is 48.3 Å². The molecule has 1 aromatic carbocycles. The van der Waals surface area contributed by atoms with Gasteiger partial charge in [-0.1, -0.05) is 18.2 Å². The summed E-state index contributed by atoms with van der Waals surface area (Å²) >= 11 is 0. The zero-order valence-corrected chi connectivity index (χ0v) is 11.9. The van der Waals surface area contributed by atoms with Crippen molar-refractivity contribution >= 4 is 0 Å². The second-order valence-electron chi connectivity index (χ2n) is 4.51. The van der Waals surface area contributed by atoms with E-state index >= 15 is 0 Å². The molecule has 2 aromatic rings. The van der Waals surface area contributed by atoms with Gasteiger partial charge in [-0.15, -0.1) is 0 Å². The second kappa shape index (κ2) is 8.47. The third-order valence-corrected chi connectivity index (χ3v) is 2.93. The van der Waals surface area contributed by atoms with Crippen molar-refractivity contribution in [2.24, 2.45) is 0 Å². The minimum absolute atomic E-state index is 0.751. The van der Waals surface area contributed by atoms with E-state index in [2.05, 4.69) is 15.7 Å². The average Bonchev–Trinajstić information content (AvgIpc) is 2.96. The van der Waals surface area contributed by atoms with Crippen molar-refractivity contribution in [2.45, 2.75) is 6.54 Å². The minimum atomic E-state index is 0.751. The van der Waals surface area contributed by atoms with Crippen LogP contribution in [-0.2, 0) is 11.3 Å². The van der Waals surface area contributed by atoms with Gasteiger partial charge in [0.25, 0.3) is 0 Å². The lowest BCUT2D eigenvalue weighted by atomic mass is 10.3. The molecule has 5 heteroatoms. The summed E-state index contributed by atoms with van der Waals surface area (Å²) in [7, 11) is 1.71. The van der Waals surface area contributed by atoms with Gasteiger partial charge in [-0.25, -0.2) is 4.68 Å². The highest BCUT2D eigenvalue weighted by molar-refractivity contribution is 5.30. The molecule has 0 unspecified atom stereocenters. The van der Waals surface area contributed by atoms with E-state index in [0.29, 0.717) is 0 Å². The van der Waals surface area contributed by atoms with Crippen molar-refractivity contribution in [1.82, 2.24) is 20.4 Å². The lowest BCUT2D eigenvalue weighted by Gasteiger charge is -2.05. The summed E-state index contributed by atoms with van der Waals surface area (Å²) in [6, 6.07) is 12.2. The summed E-state index contributed by atoms with van der Waals surface area (Å²) in [6.45, 7) is 4.28. The molecule has 0 amide bonds. The smallest absolute Gasteiger partial charge is 0.0766 e. The van der Waals surface area contributed by atoms with Crippen molar-refractivity contribution in [3.8, 4) is 5.69 Å². The van der Waals surface area contributed by atoms with Gasteiger partial charge in [-0.05, 0) is 18.2 Å². The molecule has 0 spiro atoms. The van der Waals surface area contributed by atoms with Crippen molar-refractivity contribution in [1.29, 1.82) is 0 Å². The first-order valence-corrected chi connectivity index (χ1v) is 6.90. The minimum Gasteiger partial charge on any atom is -0.383 e. The second-order valence-corrected chi connectivity index (χ2v) is 4.51. The predicted molar refractivity (Wildman–Crippen MR) is 80.0 cm³/mol. The quantitative estimate of drug-likeness (QED) is 0.675. The molecule has 108 valence electrons. The first kappa shape index (κ1) is 14.7. The summed E-state index contributed by atoms with van der Waals surface area (Å²) in [6.07, 6.45) is 1.99. The van der Waals surface area contributed by atoms with Gasteiger partial charge in [0.15, 0.2) is 0 Å². The van der Waals surface area contributed by atoms with E-state index in [0.717, 1.165) is 44.2 Å². The number of nitrogens with zero attached hydrogens (tertiary/aromatic N) is 2. The number of para-hydroxylation sites is 1. The highest BCUT2D eigenvalue weighted by atomic mass is 16.5. The zero-order chi connectivity index (χ0) is 14.0. The topological polar surface area (TPSA) is 51.1 Å². The van der Waals surface area contributed by atoms with E-state index in [1.165, 1.54) is 0 Å². The Morgan fingerprint density at radius 2 is 1.85 bits per heavy atom. The monoisotopic (exact) mass is 274 g/mol. The van der Waals surface area contributed by atoms with Gasteiger partial charge in [0, 0.05) is 39.5 Å². The van der Waals surface area contributed by atoms with E-state index in [-0.39, 0.29) is 0 Å². The fraction of sp³-hybridized carbons (Fsp3) is 0.400. The Morgan fingerprint density at radius 3 is 2.65 bits per heavy atom. The number of rotatable bonds is 9. The van der Waals surface area contributed by atoms with Crippen LogP contribution in [0.15, 0.2) is 42.6 Å². The van der Waals surface area contributed by atoms with Gasteiger partial charge in [-0.2, -0.15) is 5.10 Å². The summed E-state index contributed by atoms with van der Waals surface area (Å²) in [5, 5.41) is 11.2. The largest absolute Gasteiger partial charge is 0.383 e. The van der Waals surface area contributed by atoms with E-state index in [9.17, 15) is 0 Å². The molecule has 2 N–H and O–H groups in total. The Labute approximate surface area is 119 Å². The third-order valence-electron chi connectivity index (χ3n) is 2.93. The molecule has 0 saturated heterocycles. The fourth-order valence-corrected chi connectivity index (χ4v) is 1.87. The fourth-order valence-electron chi connectivity index (χ4n) is 1.87. The molecule has 2 rings (SSSR count). The number of aromatic nitrogens is 2. The van der Waals surface area contributed by atoms with E-state index in [1.807, 2.05) is 47.3 Å². The molecule has 0 atom stereocenters. The van der Waals surface area contributed by atoms with Gasteiger partial charge in [0.1, 0.15) is 0 Å². The van der Waals surface area contributed by atoms with Gasteiger partial charge < -0.3 is 15.4 Å². The van der Waals surface area contributed by atoms with Gasteiger partial charge in [-0.3, -0.25) is 0 Å². The SMILES string of the molecule is COCCNCCNCc1ccn(-c2ccccc2)n1. The number of hydrogen-bond donors (Lipinski definition) is 2. The summed E-state index contributed by atoms with van der Waals surface area (Å²) < 4.78 is 6.86.